The van der Waals surface area contributed by atoms with E-state index in [1.54, 1.807) is 24.3 Å². The molecule has 6 N–H and O–H groups in total. The Bertz CT molecular complexity index is 949. The molecule has 10 heteroatoms. The molecule has 7 nitrogen and oxygen atoms in total. The number of anilines is 3. The molecule has 0 saturated carbocycles. The summed E-state index contributed by atoms with van der Waals surface area (Å²) in [5, 5.41) is 9.18. The predicted molar refractivity (Wildman–Crippen MR) is 89.5 cm³/mol. The number of hydrogen-bond acceptors (Lipinski definition) is 5. The fourth-order valence-electron chi connectivity index (χ4n) is 2.31. The van der Waals surface area contributed by atoms with Gasteiger partial charge in [-0.2, -0.15) is 18.3 Å². The summed E-state index contributed by atoms with van der Waals surface area (Å²) in [6.45, 7) is 0. The van der Waals surface area contributed by atoms with Gasteiger partial charge in [-0.25, -0.2) is 4.98 Å². The van der Waals surface area contributed by atoms with Crippen molar-refractivity contribution in [2.75, 3.05) is 11.1 Å². The Hall–Kier alpha value is -3.56. The van der Waals surface area contributed by atoms with Crippen LogP contribution in [-0.2, 0) is 6.18 Å². The molecule has 3 rings (SSSR count). The number of rotatable bonds is 4. The number of benzene rings is 1. The van der Waals surface area contributed by atoms with Crippen molar-refractivity contribution in [2.24, 2.45) is 5.73 Å². The minimum absolute atomic E-state index is 0.00557. The van der Waals surface area contributed by atoms with Crippen LogP contribution in [-0.4, -0.2) is 21.1 Å². The summed E-state index contributed by atoms with van der Waals surface area (Å²) in [6, 6.07) is 9.91. The van der Waals surface area contributed by atoms with Crippen molar-refractivity contribution in [1.29, 1.82) is 0 Å². The van der Waals surface area contributed by atoms with Gasteiger partial charge in [0.1, 0.15) is 17.1 Å². The zero-order valence-corrected chi connectivity index (χ0v) is 13.1. The van der Waals surface area contributed by atoms with Gasteiger partial charge in [-0.3, -0.25) is 9.89 Å². The van der Waals surface area contributed by atoms with Gasteiger partial charge in [-0.15, -0.1) is 0 Å². The third-order valence-electron chi connectivity index (χ3n) is 3.50. The van der Waals surface area contributed by atoms with Gasteiger partial charge in [0.15, 0.2) is 5.82 Å². The number of halogens is 3. The average Bonchev–Trinajstić information content (AvgIpc) is 2.99. The zero-order chi connectivity index (χ0) is 18.9. The summed E-state index contributed by atoms with van der Waals surface area (Å²) in [6.07, 6.45) is -4.59. The summed E-state index contributed by atoms with van der Waals surface area (Å²) in [5.41, 5.74) is 11.4. The Labute approximate surface area is 145 Å². The van der Waals surface area contributed by atoms with Crippen LogP contribution >= 0.6 is 0 Å². The number of aromatic nitrogens is 3. The number of carbonyl (C=O) groups is 1. The normalized spacial score (nSPS) is 11.3. The maximum Gasteiger partial charge on any atom is 0.433 e. The number of pyridine rings is 1. The van der Waals surface area contributed by atoms with Crippen LogP contribution in [0.25, 0.3) is 11.3 Å². The third-order valence-corrected chi connectivity index (χ3v) is 3.50. The van der Waals surface area contributed by atoms with Crippen LogP contribution in [0.2, 0.25) is 0 Å². The van der Waals surface area contributed by atoms with Crippen LogP contribution in [0.1, 0.15) is 16.1 Å². The van der Waals surface area contributed by atoms with Gasteiger partial charge in [0.25, 0.3) is 5.91 Å². The molecule has 0 radical (unpaired) electrons. The molecule has 1 amide bonds. The summed E-state index contributed by atoms with van der Waals surface area (Å²) in [7, 11) is 0. The molecule has 0 aliphatic heterocycles. The van der Waals surface area contributed by atoms with E-state index in [1.807, 2.05) is 0 Å². The van der Waals surface area contributed by atoms with E-state index in [-0.39, 0.29) is 17.2 Å². The quantitative estimate of drug-likeness (QED) is 0.532. The number of carbonyl (C=O) groups excluding carboxylic acids is 1. The molecule has 1 aromatic carbocycles. The summed E-state index contributed by atoms with van der Waals surface area (Å²) in [4.78, 5) is 15.3. The Kier molecular flexibility index (Phi) is 4.24. The third kappa shape index (κ3) is 3.43. The lowest BCUT2D eigenvalue weighted by molar-refractivity contribution is -0.141. The summed E-state index contributed by atoms with van der Waals surface area (Å²) >= 11 is 0. The molecule has 0 unspecified atom stereocenters. The number of nitrogens with zero attached hydrogens (tertiary/aromatic N) is 2. The van der Waals surface area contributed by atoms with Crippen molar-refractivity contribution in [3.8, 4) is 11.3 Å². The number of nitrogens with two attached hydrogens (primary N) is 2. The second-order valence-corrected chi connectivity index (χ2v) is 5.34. The molecule has 2 aromatic heterocycles. The van der Waals surface area contributed by atoms with E-state index in [2.05, 4.69) is 20.5 Å². The molecule has 0 saturated heterocycles. The predicted octanol–water partition coefficient (Wildman–Crippen LogP) is 2.92. The van der Waals surface area contributed by atoms with Crippen molar-refractivity contribution in [2.45, 2.75) is 6.18 Å². The molecule has 26 heavy (non-hydrogen) atoms. The van der Waals surface area contributed by atoms with Gasteiger partial charge in [-0.05, 0) is 24.3 Å². The number of hydrogen-bond donors (Lipinski definition) is 4. The summed E-state index contributed by atoms with van der Waals surface area (Å²) in [5.74, 6) is -0.964. The first-order chi connectivity index (χ1) is 12.3. The van der Waals surface area contributed by atoms with Gasteiger partial charge in [-0.1, -0.05) is 18.2 Å². The lowest BCUT2D eigenvalue weighted by Gasteiger charge is -2.09. The molecule has 0 atom stereocenters. The number of aromatic amines is 1. The van der Waals surface area contributed by atoms with Crippen LogP contribution in [0.3, 0.4) is 0 Å². The Morgan fingerprint density at radius 2 is 1.81 bits per heavy atom. The highest BCUT2D eigenvalue weighted by molar-refractivity contribution is 6.04. The number of nitrogen functional groups attached to an aromatic ring is 1. The highest BCUT2D eigenvalue weighted by atomic mass is 19.4. The van der Waals surface area contributed by atoms with Crippen LogP contribution in [0, 0.1) is 0 Å². The molecule has 2 heterocycles. The first-order valence-corrected chi connectivity index (χ1v) is 7.31. The lowest BCUT2D eigenvalue weighted by atomic mass is 10.1. The highest BCUT2D eigenvalue weighted by Gasteiger charge is 2.32. The van der Waals surface area contributed by atoms with Crippen LogP contribution < -0.4 is 16.8 Å². The second-order valence-electron chi connectivity index (χ2n) is 5.34. The first-order valence-electron chi connectivity index (χ1n) is 7.31. The van der Waals surface area contributed by atoms with E-state index in [0.29, 0.717) is 16.9 Å². The Balaban J connectivity index is 1.99. The molecule has 0 fully saturated rings. The number of amides is 1. The number of primary amides is 1. The van der Waals surface area contributed by atoms with Crippen molar-refractivity contribution < 1.29 is 18.0 Å². The van der Waals surface area contributed by atoms with Crippen molar-refractivity contribution in [1.82, 2.24) is 15.2 Å². The van der Waals surface area contributed by atoms with Gasteiger partial charge < -0.3 is 16.8 Å². The van der Waals surface area contributed by atoms with E-state index >= 15 is 0 Å². The maximum absolute atomic E-state index is 12.8. The minimum atomic E-state index is -4.59. The monoisotopic (exact) mass is 362 g/mol. The zero-order valence-electron chi connectivity index (χ0n) is 13.1. The number of alkyl halides is 3. The van der Waals surface area contributed by atoms with Crippen molar-refractivity contribution in [3.05, 3.63) is 53.7 Å². The van der Waals surface area contributed by atoms with E-state index in [4.69, 9.17) is 11.5 Å². The highest BCUT2D eigenvalue weighted by Crippen LogP contribution is 2.31. The second kappa shape index (κ2) is 6.39. The minimum Gasteiger partial charge on any atom is -0.399 e. The van der Waals surface area contributed by atoms with E-state index < -0.39 is 17.8 Å². The maximum atomic E-state index is 12.8. The molecule has 0 spiro atoms. The molecule has 0 bridgehead atoms. The van der Waals surface area contributed by atoms with Crippen molar-refractivity contribution >= 4 is 23.2 Å². The molecule has 3 aromatic rings. The van der Waals surface area contributed by atoms with E-state index in [9.17, 15) is 18.0 Å². The van der Waals surface area contributed by atoms with Crippen molar-refractivity contribution in [3.63, 3.8) is 0 Å². The lowest BCUT2D eigenvalue weighted by Crippen LogP contribution is -2.14. The van der Waals surface area contributed by atoms with Gasteiger partial charge in [0.2, 0.25) is 0 Å². The molecule has 134 valence electrons. The fraction of sp³-hybridized carbons (Fsp3) is 0.0625. The van der Waals surface area contributed by atoms with E-state index in [0.717, 1.165) is 6.07 Å². The van der Waals surface area contributed by atoms with Gasteiger partial charge >= 0.3 is 6.18 Å². The summed E-state index contributed by atoms with van der Waals surface area (Å²) < 4.78 is 38.3. The van der Waals surface area contributed by atoms with Gasteiger partial charge in [0.05, 0.1) is 5.69 Å². The standard InChI is InChI=1S/C16H13F3N6O/c17-16(18,19)10-2-1-3-11(22-10)23-15-12(14(21)26)13(24-25-15)8-4-6-9(20)7-5-8/h1-7H,20H2,(H2,21,26)(H2,22,23,24,25). The fourth-order valence-corrected chi connectivity index (χ4v) is 2.31. The van der Waals surface area contributed by atoms with Crippen LogP contribution in [0.5, 0.6) is 0 Å². The van der Waals surface area contributed by atoms with Crippen LogP contribution in [0.4, 0.5) is 30.5 Å². The molecular weight excluding hydrogens is 349 g/mol. The molecule has 0 aliphatic carbocycles. The number of nitrogens with one attached hydrogen (secondary N) is 2. The molecular formula is C16H13F3N6O. The van der Waals surface area contributed by atoms with Crippen LogP contribution in [0.15, 0.2) is 42.5 Å². The molecule has 0 aliphatic rings. The average molecular weight is 362 g/mol. The Morgan fingerprint density at radius 3 is 2.42 bits per heavy atom. The number of H-pyrrole nitrogens is 1. The van der Waals surface area contributed by atoms with E-state index in [1.165, 1.54) is 12.1 Å². The Morgan fingerprint density at radius 1 is 1.12 bits per heavy atom. The SMILES string of the molecule is NC(=O)c1c(Nc2cccc(C(F)(F)F)n2)n[nH]c1-c1ccc(N)cc1. The largest absolute Gasteiger partial charge is 0.433 e. The smallest absolute Gasteiger partial charge is 0.399 e. The van der Waals surface area contributed by atoms with Gasteiger partial charge in [0, 0.05) is 11.3 Å². The first kappa shape index (κ1) is 17.3. The topological polar surface area (TPSA) is 123 Å².